The monoisotopic (exact) mass is 326 g/mol. The van der Waals surface area contributed by atoms with Gasteiger partial charge in [-0.25, -0.2) is 14.5 Å². The van der Waals surface area contributed by atoms with Crippen molar-refractivity contribution in [3.63, 3.8) is 0 Å². The molecule has 0 bridgehead atoms. The van der Waals surface area contributed by atoms with Crippen LogP contribution in [-0.4, -0.2) is 61.7 Å². The molecule has 1 fully saturated rings. The Hall–Kier alpha value is -2.74. The van der Waals surface area contributed by atoms with E-state index in [1.807, 2.05) is 23.2 Å². The first-order chi connectivity index (χ1) is 11.8. The summed E-state index contributed by atoms with van der Waals surface area (Å²) in [6.45, 7) is 2.39. The lowest BCUT2D eigenvalue weighted by molar-refractivity contribution is 0.0732. The van der Waals surface area contributed by atoms with E-state index in [-0.39, 0.29) is 11.8 Å². The number of rotatable bonds is 3. The second-order valence-electron chi connectivity index (χ2n) is 5.92. The number of imidazole rings is 2. The third-order valence-electron chi connectivity index (χ3n) is 4.16. The molecule has 1 atom stereocenters. The first kappa shape index (κ1) is 14.8. The molecule has 24 heavy (non-hydrogen) atoms. The summed E-state index contributed by atoms with van der Waals surface area (Å²) in [6, 6.07) is 3.93. The zero-order valence-corrected chi connectivity index (χ0v) is 13.1. The highest BCUT2D eigenvalue weighted by atomic mass is 16.5. The van der Waals surface area contributed by atoms with Gasteiger partial charge in [0.05, 0.1) is 31.4 Å². The van der Waals surface area contributed by atoms with Gasteiger partial charge in [-0.05, 0) is 18.6 Å². The number of ether oxygens (including phenoxy) is 1. The minimum absolute atomic E-state index is 0.0407. The molecular weight excluding hydrogens is 308 g/mol. The Morgan fingerprint density at radius 2 is 2.38 bits per heavy atom. The molecule has 3 aromatic rings. The molecule has 0 saturated carbocycles. The summed E-state index contributed by atoms with van der Waals surface area (Å²) in [5.74, 6) is 0.161. The number of nitrogens with one attached hydrogen (secondary N) is 1. The lowest BCUT2D eigenvalue weighted by atomic mass is 10.0. The van der Waals surface area contributed by atoms with Crippen LogP contribution >= 0.6 is 0 Å². The van der Waals surface area contributed by atoms with Gasteiger partial charge in [0.1, 0.15) is 5.69 Å². The van der Waals surface area contributed by atoms with Gasteiger partial charge in [0.15, 0.2) is 5.65 Å². The number of aromatic nitrogens is 5. The Morgan fingerprint density at radius 3 is 3.25 bits per heavy atom. The number of H-pyrrole nitrogens is 1. The zero-order chi connectivity index (χ0) is 16.4. The van der Waals surface area contributed by atoms with Crippen LogP contribution in [0.15, 0.2) is 37.1 Å². The molecule has 124 valence electrons. The van der Waals surface area contributed by atoms with Crippen molar-refractivity contribution in [3.05, 3.63) is 48.4 Å². The molecule has 8 nitrogen and oxygen atoms in total. The van der Waals surface area contributed by atoms with Crippen LogP contribution in [0.2, 0.25) is 0 Å². The van der Waals surface area contributed by atoms with E-state index in [2.05, 4.69) is 20.1 Å². The van der Waals surface area contributed by atoms with Crippen molar-refractivity contribution in [1.29, 1.82) is 0 Å². The fourth-order valence-corrected chi connectivity index (χ4v) is 2.99. The summed E-state index contributed by atoms with van der Waals surface area (Å²) in [5.41, 5.74) is 2.30. The molecule has 0 aliphatic carbocycles. The van der Waals surface area contributed by atoms with Crippen LogP contribution in [0.25, 0.3) is 5.65 Å². The summed E-state index contributed by atoms with van der Waals surface area (Å²) < 4.78 is 7.45. The number of fused-ring (bicyclic) bond motifs is 1. The standard InChI is InChI=1S/C16H18N6O2/c23-16(14-8-17-11-19-14)21-5-6-24-10-12(9-21)7-13-1-2-15-18-3-4-22(15)20-13/h1-4,8,11-12H,5-7,9-10H2,(H,17,19)/t12-/m1/s1. The van der Waals surface area contributed by atoms with Crippen LogP contribution in [0.1, 0.15) is 16.2 Å². The van der Waals surface area contributed by atoms with E-state index >= 15 is 0 Å². The molecule has 1 amide bonds. The van der Waals surface area contributed by atoms with Crippen molar-refractivity contribution in [2.75, 3.05) is 26.3 Å². The van der Waals surface area contributed by atoms with E-state index in [1.54, 1.807) is 16.9 Å². The second kappa shape index (κ2) is 6.40. The van der Waals surface area contributed by atoms with Gasteiger partial charge in [-0.3, -0.25) is 4.79 Å². The Bertz CT molecular complexity index is 828. The van der Waals surface area contributed by atoms with Gasteiger partial charge < -0.3 is 14.6 Å². The van der Waals surface area contributed by atoms with Gasteiger partial charge in [0.2, 0.25) is 0 Å². The lowest BCUT2D eigenvalue weighted by Gasteiger charge is -2.22. The topological polar surface area (TPSA) is 88.4 Å². The summed E-state index contributed by atoms with van der Waals surface area (Å²) in [4.78, 5) is 25.3. The maximum Gasteiger partial charge on any atom is 0.272 e. The molecule has 4 heterocycles. The fraction of sp³-hybridized carbons (Fsp3) is 0.375. The molecule has 0 unspecified atom stereocenters. The maximum absolute atomic E-state index is 12.5. The molecule has 0 radical (unpaired) electrons. The van der Waals surface area contributed by atoms with E-state index in [0.717, 1.165) is 17.8 Å². The molecule has 3 aromatic heterocycles. The van der Waals surface area contributed by atoms with Gasteiger partial charge >= 0.3 is 0 Å². The highest BCUT2D eigenvalue weighted by Gasteiger charge is 2.24. The van der Waals surface area contributed by atoms with Crippen molar-refractivity contribution in [2.45, 2.75) is 6.42 Å². The van der Waals surface area contributed by atoms with Crippen LogP contribution < -0.4 is 0 Å². The van der Waals surface area contributed by atoms with Crippen molar-refractivity contribution < 1.29 is 9.53 Å². The molecular formula is C16H18N6O2. The quantitative estimate of drug-likeness (QED) is 0.768. The molecule has 0 spiro atoms. The van der Waals surface area contributed by atoms with Gasteiger partial charge in [0, 0.05) is 31.4 Å². The van der Waals surface area contributed by atoms with Crippen molar-refractivity contribution in [1.82, 2.24) is 29.5 Å². The van der Waals surface area contributed by atoms with Gasteiger partial charge in [-0.15, -0.1) is 0 Å². The fourth-order valence-electron chi connectivity index (χ4n) is 2.99. The number of amides is 1. The minimum atomic E-state index is -0.0407. The van der Waals surface area contributed by atoms with E-state index in [9.17, 15) is 4.79 Å². The second-order valence-corrected chi connectivity index (χ2v) is 5.92. The number of hydrogen-bond acceptors (Lipinski definition) is 5. The van der Waals surface area contributed by atoms with E-state index < -0.39 is 0 Å². The predicted octanol–water partition coefficient (Wildman–Crippen LogP) is 0.784. The Kier molecular flexibility index (Phi) is 3.96. The Morgan fingerprint density at radius 1 is 1.42 bits per heavy atom. The van der Waals surface area contributed by atoms with E-state index in [0.29, 0.717) is 32.0 Å². The van der Waals surface area contributed by atoms with E-state index in [1.165, 1.54) is 6.33 Å². The molecule has 0 aromatic carbocycles. The van der Waals surface area contributed by atoms with Crippen molar-refractivity contribution >= 4 is 11.6 Å². The first-order valence-corrected chi connectivity index (χ1v) is 7.94. The molecule has 1 saturated heterocycles. The molecule has 8 heteroatoms. The highest BCUT2D eigenvalue weighted by molar-refractivity contribution is 5.92. The number of nitrogens with zero attached hydrogens (tertiary/aromatic N) is 5. The van der Waals surface area contributed by atoms with Crippen LogP contribution in [0.4, 0.5) is 0 Å². The van der Waals surface area contributed by atoms with Crippen LogP contribution in [0.3, 0.4) is 0 Å². The highest BCUT2D eigenvalue weighted by Crippen LogP contribution is 2.15. The van der Waals surface area contributed by atoms with E-state index in [4.69, 9.17) is 4.74 Å². The smallest absolute Gasteiger partial charge is 0.272 e. The van der Waals surface area contributed by atoms with Gasteiger partial charge in [0.25, 0.3) is 5.91 Å². The number of hydrogen-bond donors (Lipinski definition) is 1. The third kappa shape index (κ3) is 3.00. The largest absolute Gasteiger partial charge is 0.379 e. The summed E-state index contributed by atoms with van der Waals surface area (Å²) >= 11 is 0. The molecule has 1 aliphatic heterocycles. The van der Waals surface area contributed by atoms with Crippen LogP contribution in [0, 0.1) is 5.92 Å². The summed E-state index contributed by atoms with van der Waals surface area (Å²) in [5, 5.41) is 4.56. The van der Waals surface area contributed by atoms with Gasteiger partial charge in [-0.2, -0.15) is 5.10 Å². The predicted molar refractivity (Wildman–Crippen MR) is 85.5 cm³/mol. The minimum Gasteiger partial charge on any atom is -0.379 e. The SMILES string of the molecule is O=C(c1cnc[nH]1)N1CCOC[C@H](Cc2ccc3nccn3n2)C1. The third-order valence-corrected chi connectivity index (χ3v) is 4.16. The summed E-state index contributed by atoms with van der Waals surface area (Å²) in [6.07, 6.45) is 7.38. The number of carbonyl (C=O) groups excluding carboxylic acids is 1. The van der Waals surface area contributed by atoms with Crippen LogP contribution in [0.5, 0.6) is 0 Å². The van der Waals surface area contributed by atoms with Crippen LogP contribution in [-0.2, 0) is 11.2 Å². The maximum atomic E-state index is 12.5. The van der Waals surface area contributed by atoms with Crippen molar-refractivity contribution in [2.24, 2.45) is 5.92 Å². The van der Waals surface area contributed by atoms with Crippen molar-refractivity contribution in [3.8, 4) is 0 Å². The van der Waals surface area contributed by atoms with Gasteiger partial charge in [-0.1, -0.05) is 0 Å². The first-order valence-electron chi connectivity index (χ1n) is 7.94. The Labute approximate surface area is 138 Å². The molecule has 1 N–H and O–H groups in total. The average molecular weight is 326 g/mol. The molecule has 4 rings (SSSR count). The normalized spacial score (nSPS) is 18.7. The average Bonchev–Trinajstić information content (AvgIpc) is 3.23. The zero-order valence-electron chi connectivity index (χ0n) is 13.1. The number of aromatic amines is 1. The summed E-state index contributed by atoms with van der Waals surface area (Å²) in [7, 11) is 0. The lowest BCUT2D eigenvalue weighted by Crippen LogP contribution is -2.36. The number of carbonyl (C=O) groups is 1. The molecule has 1 aliphatic rings. The Balaban J connectivity index is 1.48.